The van der Waals surface area contributed by atoms with Crippen LogP contribution in [0.1, 0.15) is 12.7 Å². The first-order valence-corrected chi connectivity index (χ1v) is 11.1. The maximum atomic E-state index is 13.6. The molecule has 0 saturated carbocycles. The standard InChI is InChI=1S/C21H17Cl2F3N8O2/c1-12(35)29-16(21(24,25)26)9-32-18(13-4-6-14(22)7-5-13)31-33(20(32)36)10-17-28-11-34(30-17)19-15(23)3-2-8-27-19/h2-8,11,16H,9-10H2,1H3,(H,29,35). The number of alkyl halides is 3. The SMILES string of the molecule is CC(=O)NC(Cn1c(-c2ccc(Cl)cc2)nn(Cc2ncn(-c3ncccc3Cl)n2)c1=O)C(F)(F)F. The quantitative estimate of drug-likeness (QED) is 0.385. The first kappa shape index (κ1) is 25.4. The Hall–Kier alpha value is -3.71. The lowest BCUT2D eigenvalue weighted by Crippen LogP contribution is -2.48. The first-order valence-electron chi connectivity index (χ1n) is 10.3. The van der Waals surface area contributed by atoms with Crippen molar-refractivity contribution in [3.63, 3.8) is 0 Å². The molecule has 0 fully saturated rings. The predicted octanol–water partition coefficient (Wildman–Crippen LogP) is 3.11. The van der Waals surface area contributed by atoms with Gasteiger partial charge in [-0.1, -0.05) is 23.2 Å². The van der Waals surface area contributed by atoms with E-state index in [0.717, 1.165) is 16.2 Å². The Morgan fingerprint density at radius 3 is 2.47 bits per heavy atom. The summed E-state index contributed by atoms with van der Waals surface area (Å²) in [5, 5.41) is 11.0. The lowest BCUT2D eigenvalue weighted by molar-refractivity contribution is -0.163. The molecule has 1 amide bonds. The lowest BCUT2D eigenvalue weighted by atomic mass is 10.2. The largest absolute Gasteiger partial charge is 0.410 e. The summed E-state index contributed by atoms with van der Waals surface area (Å²) in [6.45, 7) is -0.188. The molecule has 1 N–H and O–H groups in total. The van der Waals surface area contributed by atoms with Crippen LogP contribution in [0.25, 0.3) is 17.2 Å². The van der Waals surface area contributed by atoms with E-state index in [1.54, 1.807) is 12.1 Å². The van der Waals surface area contributed by atoms with Crippen LogP contribution in [0.3, 0.4) is 0 Å². The van der Waals surface area contributed by atoms with Gasteiger partial charge in [0.2, 0.25) is 5.91 Å². The third-order valence-electron chi connectivity index (χ3n) is 4.95. The van der Waals surface area contributed by atoms with Gasteiger partial charge in [0, 0.05) is 23.7 Å². The molecular formula is C21H17Cl2F3N8O2. The number of pyridine rings is 1. The van der Waals surface area contributed by atoms with E-state index >= 15 is 0 Å². The number of carbonyl (C=O) groups excluding carboxylic acids is 1. The third kappa shape index (κ3) is 5.57. The normalized spacial score (nSPS) is 12.5. The number of nitrogens with one attached hydrogen (secondary N) is 1. The van der Waals surface area contributed by atoms with Crippen LogP contribution < -0.4 is 11.0 Å². The Morgan fingerprint density at radius 1 is 1.11 bits per heavy atom. The highest BCUT2D eigenvalue weighted by atomic mass is 35.5. The molecule has 1 aromatic carbocycles. The summed E-state index contributed by atoms with van der Waals surface area (Å²) in [7, 11) is 0. The Kier molecular flexibility index (Phi) is 7.13. The van der Waals surface area contributed by atoms with Gasteiger partial charge in [-0.25, -0.2) is 24.1 Å². The summed E-state index contributed by atoms with van der Waals surface area (Å²) >= 11 is 12.0. The average Bonchev–Trinajstić information content (AvgIpc) is 3.39. The summed E-state index contributed by atoms with van der Waals surface area (Å²) in [5.74, 6) is -0.501. The molecule has 0 aliphatic rings. The molecule has 4 aromatic rings. The van der Waals surface area contributed by atoms with Crippen LogP contribution in [0.5, 0.6) is 0 Å². The zero-order chi connectivity index (χ0) is 26.0. The van der Waals surface area contributed by atoms with E-state index in [1.165, 1.54) is 41.5 Å². The van der Waals surface area contributed by atoms with Crippen molar-refractivity contribution >= 4 is 29.1 Å². The van der Waals surface area contributed by atoms with E-state index < -0.39 is 30.4 Å². The van der Waals surface area contributed by atoms with Crippen LogP contribution >= 0.6 is 23.2 Å². The molecule has 1 unspecified atom stereocenters. The van der Waals surface area contributed by atoms with Crippen molar-refractivity contribution in [2.24, 2.45) is 0 Å². The summed E-state index contributed by atoms with van der Waals surface area (Å²) in [6, 6.07) is 6.99. The topological polar surface area (TPSA) is 113 Å². The van der Waals surface area contributed by atoms with Crippen LogP contribution in [0.15, 0.2) is 53.7 Å². The van der Waals surface area contributed by atoms with Gasteiger partial charge < -0.3 is 5.32 Å². The monoisotopic (exact) mass is 540 g/mol. The minimum absolute atomic E-state index is 0.0523. The first-order chi connectivity index (χ1) is 17.0. The molecule has 0 radical (unpaired) electrons. The van der Waals surface area contributed by atoms with E-state index in [-0.39, 0.29) is 18.2 Å². The number of rotatable bonds is 7. The Morgan fingerprint density at radius 2 is 1.83 bits per heavy atom. The van der Waals surface area contributed by atoms with Gasteiger partial charge in [-0.15, -0.1) is 10.2 Å². The molecule has 15 heteroatoms. The predicted molar refractivity (Wildman–Crippen MR) is 124 cm³/mol. The van der Waals surface area contributed by atoms with Crippen LogP contribution in [0, 0.1) is 0 Å². The van der Waals surface area contributed by atoms with E-state index in [1.807, 2.05) is 5.32 Å². The molecule has 10 nitrogen and oxygen atoms in total. The number of carbonyl (C=O) groups is 1. The van der Waals surface area contributed by atoms with Crippen molar-refractivity contribution < 1.29 is 18.0 Å². The number of aromatic nitrogens is 7. The van der Waals surface area contributed by atoms with Crippen LogP contribution in [-0.4, -0.2) is 52.2 Å². The molecule has 36 heavy (non-hydrogen) atoms. The lowest BCUT2D eigenvalue weighted by Gasteiger charge is -2.21. The summed E-state index contributed by atoms with van der Waals surface area (Å²) in [4.78, 5) is 32.8. The highest BCUT2D eigenvalue weighted by molar-refractivity contribution is 6.32. The van der Waals surface area contributed by atoms with Crippen LogP contribution in [0.2, 0.25) is 10.0 Å². The van der Waals surface area contributed by atoms with Crippen molar-refractivity contribution in [1.29, 1.82) is 0 Å². The molecule has 0 aliphatic carbocycles. The zero-order valence-electron chi connectivity index (χ0n) is 18.4. The fourth-order valence-corrected chi connectivity index (χ4v) is 3.67. The van der Waals surface area contributed by atoms with E-state index in [0.29, 0.717) is 21.4 Å². The molecule has 3 aromatic heterocycles. The highest BCUT2D eigenvalue weighted by Gasteiger charge is 2.41. The fourth-order valence-electron chi connectivity index (χ4n) is 3.33. The van der Waals surface area contributed by atoms with Gasteiger partial charge in [0.25, 0.3) is 0 Å². The molecule has 0 bridgehead atoms. The maximum Gasteiger partial charge on any atom is 0.410 e. The Bertz CT molecular complexity index is 1450. The number of nitrogens with zero attached hydrogens (tertiary/aromatic N) is 7. The second-order valence-corrected chi connectivity index (χ2v) is 8.43. The maximum absolute atomic E-state index is 13.6. The van der Waals surface area contributed by atoms with Gasteiger partial charge in [0.15, 0.2) is 17.5 Å². The van der Waals surface area contributed by atoms with Gasteiger partial charge in [-0.3, -0.25) is 9.36 Å². The summed E-state index contributed by atoms with van der Waals surface area (Å²) < 4.78 is 43.9. The van der Waals surface area contributed by atoms with Crippen molar-refractivity contribution in [2.75, 3.05) is 0 Å². The average molecular weight is 541 g/mol. The van der Waals surface area contributed by atoms with Gasteiger partial charge in [0.05, 0.1) is 11.6 Å². The molecule has 0 aliphatic heterocycles. The Labute approximate surface area is 211 Å². The van der Waals surface area contributed by atoms with Crippen molar-refractivity contribution in [3.05, 3.63) is 75.3 Å². The van der Waals surface area contributed by atoms with Gasteiger partial charge in [-0.2, -0.15) is 13.2 Å². The molecule has 4 rings (SSSR count). The minimum Gasteiger partial charge on any atom is -0.343 e. The molecule has 188 valence electrons. The number of benzene rings is 1. The molecule has 0 saturated heterocycles. The Balaban J connectivity index is 1.73. The second-order valence-electron chi connectivity index (χ2n) is 7.59. The number of hydrogen-bond acceptors (Lipinski definition) is 6. The molecular weight excluding hydrogens is 524 g/mol. The number of amides is 1. The molecule has 0 spiro atoms. The fraction of sp³-hybridized carbons (Fsp3) is 0.238. The van der Waals surface area contributed by atoms with Gasteiger partial charge >= 0.3 is 11.9 Å². The van der Waals surface area contributed by atoms with Crippen molar-refractivity contribution in [3.8, 4) is 17.2 Å². The van der Waals surface area contributed by atoms with Gasteiger partial charge in [-0.05, 0) is 36.4 Å². The summed E-state index contributed by atoms with van der Waals surface area (Å²) in [6.07, 6.45) is -1.96. The van der Waals surface area contributed by atoms with E-state index in [4.69, 9.17) is 23.2 Å². The smallest absolute Gasteiger partial charge is 0.343 e. The number of halogens is 5. The van der Waals surface area contributed by atoms with Crippen LogP contribution in [0.4, 0.5) is 13.2 Å². The minimum atomic E-state index is -4.81. The third-order valence-corrected chi connectivity index (χ3v) is 5.50. The molecule has 1 atom stereocenters. The molecule has 3 heterocycles. The second kappa shape index (κ2) is 10.1. The van der Waals surface area contributed by atoms with Crippen molar-refractivity contribution in [2.45, 2.75) is 32.2 Å². The van der Waals surface area contributed by atoms with Crippen molar-refractivity contribution in [1.82, 2.24) is 39.4 Å². The summed E-state index contributed by atoms with van der Waals surface area (Å²) in [5.41, 5.74) is -0.510. The van der Waals surface area contributed by atoms with E-state index in [2.05, 4.69) is 20.2 Å². The number of hydrogen-bond donors (Lipinski definition) is 1. The van der Waals surface area contributed by atoms with Crippen LogP contribution in [-0.2, 0) is 17.9 Å². The zero-order valence-corrected chi connectivity index (χ0v) is 20.0. The van der Waals surface area contributed by atoms with E-state index in [9.17, 15) is 22.8 Å². The van der Waals surface area contributed by atoms with Gasteiger partial charge in [0.1, 0.15) is 18.9 Å². The highest BCUT2D eigenvalue weighted by Crippen LogP contribution is 2.24.